The van der Waals surface area contributed by atoms with Crippen molar-refractivity contribution in [2.45, 2.75) is 44.6 Å². The maximum absolute atomic E-state index is 12.7. The summed E-state index contributed by atoms with van der Waals surface area (Å²) in [6.07, 6.45) is 8.73. The molecule has 0 heterocycles. The second-order valence-electron chi connectivity index (χ2n) is 6.34. The lowest BCUT2D eigenvalue weighted by Gasteiger charge is -2.36. The Labute approximate surface area is 144 Å². The highest BCUT2D eigenvalue weighted by molar-refractivity contribution is 5.81. The number of hydrogen-bond donors (Lipinski definition) is 2. The molecule has 0 bridgehead atoms. The fraction of sp³-hybridized carbons (Fsp3) is 0.550. The molecule has 2 N–H and O–H groups in total. The first-order valence-corrected chi connectivity index (χ1v) is 9.00. The summed E-state index contributed by atoms with van der Waals surface area (Å²) in [5.41, 5.74) is -0.907. The largest absolute Gasteiger partial charge is 0.459 e. The maximum Gasteiger partial charge on any atom is 0.343 e. The van der Waals surface area contributed by atoms with Crippen LogP contribution in [0.3, 0.4) is 0 Å². The number of rotatable bonds is 8. The molecular weight excluding hydrogens is 302 g/mol. The number of carbonyl (C=O) groups excluding carboxylic acids is 1. The van der Waals surface area contributed by atoms with Gasteiger partial charge in [-0.15, -0.1) is 0 Å². The van der Waals surface area contributed by atoms with Crippen molar-refractivity contribution in [3.05, 3.63) is 48.0 Å². The molecule has 0 radical (unpaired) electrons. The number of ether oxygens (including phenoxy) is 1. The van der Waals surface area contributed by atoms with Crippen LogP contribution in [0.5, 0.6) is 0 Å². The van der Waals surface area contributed by atoms with Crippen LogP contribution in [-0.2, 0) is 15.1 Å². The van der Waals surface area contributed by atoms with E-state index >= 15 is 0 Å². The Morgan fingerprint density at radius 3 is 2.62 bits per heavy atom. The summed E-state index contributed by atoms with van der Waals surface area (Å²) in [5.74, 6) is -0.611. The predicted octanol–water partition coefficient (Wildman–Crippen LogP) is 3.16. The Balaban J connectivity index is 2.07. The van der Waals surface area contributed by atoms with E-state index in [2.05, 4.69) is 5.32 Å². The van der Waals surface area contributed by atoms with Crippen molar-refractivity contribution in [3.63, 3.8) is 0 Å². The van der Waals surface area contributed by atoms with Crippen LogP contribution in [0.15, 0.2) is 42.5 Å². The first-order valence-electron chi connectivity index (χ1n) is 9.00. The fourth-order valence-corrected chi connectivity index (χ4v) is 3.35. The number of benzene rings is 1. The molecule has 0 spiro atoms. The summed E-state index contributed by atoms with van der Waals surface area (Å²) in [6.45, 7) is 3.88. The smallest absolute Gasteiger partial charge is 0.343 e. The van der Waals surface area contributed by atoms with Crippen molar-refractivity contribution in [1.29, 1.82) is 0 Å². The first-order chi connectivity index (χ1) is 11.7. The molecule has 1 fully saturated rings. The first kappa shape index (κ1) is 18.7. The Hall–Kier alpha value is -1.65. The van der Waals surface area contributed by atoms with E-state index < -0.39 is 11.6 Å². The van der Waals surface area contributed by atoms with Crippen molar-refractivity contribution < 1.29 is 14.6 Å². The number of esters is 1. The van der Waals surface area contributed by atoms with Gasteiger partial charge in [-0.25, -0.2) is 4.79 Å². The topological polar surface area (TPSA) is 58.6 Å². The minimum atomic E-state index is -1.54. The summed E-state index contributed by atoms with van der Waals surface area (Å²) < 4.78 is 5.39. The second kappa shape index (κ2) is 9.60. The maximum atomic E-state index is 12.7. The molecule has 4 heteroatoms. The highest BCUT2D eigenvalue weighted by Gasteiger charge is 2.46. The van der Waals surface area contributed by atoms with Crippen molar-refractivity contribution in [1.82, 2.24) is 5.32 Å². The second-order valence-corrected chi connectivity index (χ2v) is 6.34. The van der Waals surface area contributed by atoms with Crippen LogP contribution in [0.1, 0.15) is 44.6 Å². The summed E-state index contributed by atoms with van der Waals surface area (Å²) in [7, 11) is 0. The number of aliphatic hydroxyl groups is 1. The molecule has 0 unspecified atom stereocenters. The van der Waals surface area contributed by atoms with Gasteiger partial charge in [0, 0.05) is 12.5 Å². The minimum Gasteiger partial charge on any atom is -0.459 e. The third-order valence-corrected chi connectivity index (χ3v) is 4.71. The van der Waals surface area contributed by atoms with E-state index in [0.717, 1.165) is 38.8 Å². The van der Waals surface area contributed by atoms with Crippen LogP contribution in [0.25, 0.3) is 0 Å². The van der Waals surface area contributed by atoms with Gasteiger partial charge >= 0.3 is 5.97 Å². The van der Waals surface area contributed by atoms with Gasteiger partial charge < -0.3 is 15.2 Å². The van der Waals surface area contributed by atoms with E-state index in [-0.39, 0.29) is 12.5 Å². The zero-order valence-electron chi connectivity index (χ0n) is 14.5. The van der Waals surface area contributed by atoms with Crippen LogP contribution < -0.4 is 5.32 Å². The highest BCUT2D eigenvalue weighted by Crippen LogP contribution is 2.40. The Morgan fingerprint density at radius 2 is 1.96 bits per heavy atom. The van der Waals surface area contributed by atoms with Crippen molar-refractivity contribution in [2.24, 2.45) is 5.92 Å². The molecule has 1 saturated carbocycles. The zero-order valence-corrected chi connectivity index (χ0v) is 14.5. The molecular formula is C20H29NO3. The van der Waals surface area contributed by atoms with Gasteiger partial charge in [-0.3, -0.25) is 0 Å². The van der Waals surface area contributed by atoms with Gasteiger partial charge in [0.2, 0.25) is 0 Å². The molecule has 4 nitrogen and oxygen atoms in total. The zero-order chi connectivity index (χ0) is 17.3. The third kappa shape index (κ3) is 4.68. The molecule has 1 aromatic rings. The van der Waals surface area contributed by atoms with Gasteiger partial charge in [0.15, 0.2) is 5.60 Å². The summed E-state index contributed by atoms with van der Waals surface area (Å²) in [5, 5.41) is 14.5. The van der Waals surface area contributed by atoms with E-state index in [4.69, 9.17) is 4.74 Å². The third-order valence-electron chi connectivity index (χ3n) is 4.71. The summed E-state index contributed by atoms with van der Waals surface area (Å²) >= 11 is 0. The van der Waals surface area contributed by atoms with Crippen LogP contribution in [0.2, 0.25) is 0 Å². The van der Waals surface area contributed by atoms with Crippen LogP contribution in [0, 0.1) is 5.92 Å². The van der Waals surface area contributed by atoms with Gasteiger partial charge in [0.25, 0.3) is 0 Å². The lowest BCUT2D eigenvalue weighted by Crippen LogP contribution is -2.45. The molecule has 0 aliphatic heterocycles. The van der Waals surface area contributed by atoms with Gasteiger partial charge in [0.05, 0.1) is 0 Å². The SMILES string of the molecule is CCNC/C=C\COC(=O)[C@@](O)(c1ccccc1)C1CCCCC1. The van der Waals surface area contributed by atoms with E-state index in [1.807, 2.05) is 49.4 Å². The van der Waals surface area contributed by atoms with E-state index in [0.29, 0.717) is 5.56 Å². The van der Waals surface area contributed by atoms with Gasteiger partial charge in [-0.2, -0.15) is 0 Å². The Kier molecular flexibility index (Phi) is 7.47. The molecule has 1 aliphatic carbocycles. The Morgan fingerprint density at radius 1 is 1.25 bits per heavy atom. The number of likely N-dealkylation sites (N-methyl/N-ethyl adjacent to an activating group) is 1. The van der Waals surface area contributed by atoms with Crippen LogP contribution >= 0.6 is 0 Å². The van der Waals surface area contributed by atoms with Crippen molar-refractivity contribution in [3.8, 4) is 0 Å². The van der Waals surface area contributed by atoms with Crippen molar-refractivity contribution >= 4 is 5.97 Å². The van der Waals surface area contributed by atoms with Gasteiger partial charge in [0.1, 0.15) is 6.61 Å². The molecule has 0 aromatic heterocycles. The van der Waals surface area contributed by atoms with Crippen molar-refractivity contribution in [2.75, 3.05) is 19.7 Å². The fourth-order valence-electron chi connectivity index (χ4n) is 3.35. The Bertz CT molecular complexity index is 523. The minimum absolute atomic E-state index is 0.0770. The predicted molar refractivity (Wildman–Crippen MR) is 95.6 cm³/mol. The average molecular weight is 331 g/mol. The molecule has 1 aromatic carbocycles. The van der Waals surface area contributed by atoms with Crippen LogP contribution in [0.4, 0.5) is 0 Å². The summed E-state index contributed by atoms with van der Waals surface area (Å²) in [6, 6.07) is 9.23. The lowest BCUT2D eigenvalue weighted by molar-refractivity contribution is -0.174. The van der Waals surface area contributed by atoms with E-state index in [9.17, 15) is 9.90 Å². The lowest BCUT2D eigenvalue weighted by atomic mass is 9.73. The molecule has 0 saturated heterocycles. The van der Waals surface area contributed by atoms with Crippen LogP contribution in [-0.4, -0.2) is 30.8 Å². The van der Waals surface area contributed by atoms with E-state index in [1.165, 1.54) is 6.42 Å². The van der Waals surface area contributed by atoms with E-state index in [1.54, 1.807) is 0 Å². The number of hydrogen-bond acceptors (Lipinski definition) is 4. The van der Waals surface area contributed by atoms with Gasteiger partial charge in [-0.1, -0.05) is 62.6 Å². The molecule has 1 atom stereocenters. The molecule has 2 rings (SSSR count). The number of nitrogens with one attached hydrogen (secondary N) is 1. The molecule has 24 heavy (non-hydrogen) atoms. The monoisotopic (exact) mass is 331 g/mol. The molecule has 1 aliphatic rings. The summed E-state index contributed by atoms with van der Waals surface area (Å²) in [4.78, 5) is 12.7. The normalized spacial score (nSPS) is 18.4. The molecule has 0 amide bonds. The average Bonchev–Trinajstić information content (AvgIpc) is 2.65. The van der Waals surface area contributed by atoms with Gasteiger partial charge in [-0.05, 0) is 31.0 Å². The highest BCUT2D eigenvalue weighted by atomic mass is 16.5. The standard InChI is InChI=1S/C20H29NO3/c1-2-21-15-9-10-16-24-19(22)20(23,17-11-5-3-6-12-17)18-13-7-4-8-14-18/h3,5-6,9-12,18,21,23H,2,4,7-8,13-16H2,1H3/b10-9-/t20-/m1/s1. The number of carbonyl (C=O) groups is 1. The molecule has 132 valence electrons. The quantitative estimate of drug-likeness (QED) is 0.436.